The van der Waals surface area contributed by atoms with Gasteiger partial charge in [0.15, 0.2) is 0 Å². The summed E-state index contributed by atoms with van der Waals surface area (Å²) in [6.45, 7) is 7.50. The lowest BCUT2D eigenvalue weighted by atomic mass is 10.2. The Balaban J connectivity index is 1.60. The molecule has 0 bridgehead atoms. The predicted octanol–water partition coefficient (Wildman–Crippen LogP) is 4.24. The van der Waals surface area contributed by atoms with Crippen LogP contribution < -0.4 is 16.0 Å². The highest BCUT2D eigenvalue weighted by Gasteiger charge is 2.10. The molecule has 32 heavy (non-hydrogen) atoms. The molecule has 1 aromatic heterocycles. The number of carbonyl (C=O) groups is 2. The lowest BCUT2D eigenvalue weighted by molar-refractivity contribution is 0.0949. The summed E-state index contributed by atoms with van der Waals surface area (Å²) in [7, 11) is 0. The van der Waals surface area contributed by atoms with E-state index in [2.05, 4.69) is 39.8 Å². The Bertz CT molecular complexity index is 1060. The monoisotopic (exact) mass is 454 g/mol. The second-order valence-electron chi connectivity index (χ2n) is 7.07. The fraction of sp³-hybridized carbons (Fsp3) is 0.261. The first-order valence-corrected chi connectivity index (χ1v) is 10.9. The molecule has 0 aliphatic heterocycles. The van der Waals surface area contributed by atoms with Crippen LogP contribution in [0.25, 0.3) is 5.69 Å². The topological polar surface area (TPSA) is 91.3 Å². The Labute approximate surface area is 192 Å². The molecule has 0 atom stereocenters. The number of likely N-dealkylation sites (N-methyl/N-ethyl adjacent to an activating group) is 1. The van der Waals surface area contributed by atoms with Crippen molar-refractivity contribution >= 4 is 34.9 Å². The van der Waals surface area contributed by atoms with Crippen LogP contribution >= 0.6 is 11.6 Å². The summed E-state index contributed by atoms with van der Waals surface area (Å²) in [5.41, 5.74) is 2.27. The average molecular weight is 455 g/mol. The Morgan fingerprint density at radius 1 is 1.06 bits per heavy atom. The van der Waals surface area contributed by atoms with Gasteiger partial charge in [0.25, 0.3) is 5.91 Å². The maximum absolute atomic E-state index is 12.5. The molecule has 9 heteroatoms. The third kappa shape index (κ3) is 6.32. The third-order valence-electron chi connectivity index (χ3n) is 4.94. The summed E-state index contributed by atoms with van der Waals surface area (Å²) in [4.78, 5) is 27.0. The Morgan fingerprint density at radius 3 is 2.59 bits per heavy atom. The highest BCUT2D eigenvalue weighted by molar-refractivity contribution is 6.33. The first-order valence-electron chi connectivity index (χ1n) is 10.5. The number of rotatable bonds is 9. The number of nitrogens with one attached hydrogen (secondary N) is 3. The van der Waals surface area contributed by atoms with Crippen LogP contribution in [0.2, 0.25) is 5.02 Å². The molecule has 3 amide bonds. The molecule has 0 aliphatic carbocycles. The summed E-state index contributed by atoms with van der Waals surface area (Å²) in [6.07, 6.45) is 3.20. The lowest BCUT2D eigenvalue weighted by Crippen LogP contribution is -2.34. The molecule has 8 nitrogen and oxygen atoms in total. The van der Waals surface area contributed by atoms with Gasteiger partial charge in [-0.2, -0.15) is 5.10 Å². The van der Waals surface area contributed by atoms with Gasteiger partial charge < -0.3 is 20.9 Å². The van der Waals surface area contributed by atoms with Crippen molar-refractivity contribution in [1.82, 2.24) is 20.0 Å². The maximum atomic E-state index is 12.5. The van der Waals surface area contributed by atoms with E-state index in [1.165, 1.54) is 6.20 Å². The standard InChI is InChI=1S/C23H27ClN6O2/c1-3-29(4-2)13-12-25-22(31)17-8-7-9-19(14-17)30-16-18(15-26-30)27-23(32)28-21-11-6-5-10-20(21)24/h5-11,14-16H,3-4,12-13H2,1-2H3,(H,25,31)(H2,27,28,32). The fourth-order valence-electron chi connectivity index (χ4n) is 3.13. The molecule has 0 saturated carbocycles. The molecule has 0 saturated heterocycles. The van der Waals surface area contributed by atoms with E-state index in [-0.39, 0.29) is 5.91 Å². The van der Waals surface area contributed by atoms with Crippen LogP contribution in [0.5, 0.6) is 0 Å². The highest BCUT2D eigenvalue weighted by Crippen LogP contribution is 2.21. The summed E-state index contributed by atoms with van der Waals surface area (Å²) in [5, 5.41) is 13.1. The number of amides is 3. The van der Waals surface area contributed by atoms with Crippen molar-refractivity contribution in [3.05, 3.63) is 71.5 Å². The van der Waals surface area contributed by atoms with Crippen molar-refractivity contribution in [2.75, 3.05) is 36.8 Å². The van der Waals surface area contributed by atoms with Gasteiger partial charge >= 0.3 is 6.03 Å². The molecule has 0 fully saturated rings. The van der Waals surface area contributed by atoms with Crippen LogP contribution in [0.3, 0.4) is 0 Å². The summed E-state index contributed by atoms with van der Waals surface area (Å²) < 4.78 is 1.60. The van der Waals surface area contributed by atoms with Crippen LogP contribution in [0.1, 0.15) is 24.2 Å². The van der Waals surface area contributed by atoms with Gasteiger partial charge in [-0.3, -0.25) is 4.79 Å². The fourth-order valence-corrected chi connectivity index (χ4v) is 3.32. The van der Waals surface area contributed by atoms with E-state index < -0.39 is 6.03 Å². The normalized spacial score (nSPS) is 10.8. The van der Waals surface area contributed by atoms with Crippen LogP contribution in [-0.2, 0) is 0 Å². The van der Waals surface area contributed by atoms with Crippen molar-refractivity contribution in [3.8, 4) is 5.69 Å². The highest BCUT2D eigenvalue weighted by atomic mass is 35.5. The first kappa shape index (κ1) is 23.3. The second kappa shape index (κ2) is 11.3. The van der Waals surface area contributed by atoms with Gasteiger partial charge in [-0.1, -0.05) is 43.6 Å². The number of urea groups is 1. The first-order chi connectivity index (χ1) is 15.5. The van der Waals surface area contributed by atoms with Gasteiger partial charge in [-0.15, -0.1) is 0 Å². The molecular formula is C23H27ClN6O2. The minimum atomic E-state index is -0.431. The average Bonchev–Trinajstić information content (AvgIpc) is 3.26. The molecule has 168 valence electrons. The van der Waals surface area contributed by atoms with Crippen molar-refractivity contribution in [3.63, 3.8) is 0 Å². The molecule has 3 N–H and O–H groups in total. The van der Waals surface area contributed by atoms with Gasteiger partial charge in [-0.05, 0) is 43.4 Å². The van der Waals surface area contributed by atoms with Gasteiger partial charge in [0.05, 0.1) is 34.5 Å². The van der Waals surface area contributed by atoms with Gasteiger partial charge in [-0.25, -0.2) is 9.48 Å². The van der Waals surface area contributed by atoms with Crippen LogP contribution in [0.4, 0.5) is 16.2 Å². The predicted molar refractivity (Wildman–Crippen MR) is 128 cm³/mol. The quantitative estimate of drug-likeness (QED) is 0.451. The second-order valence-corrected chi connectivity index (χ2v) is 7.47. The van der Waals surface area contributed by atoms with E-state index in [4.69, 9.17) is 11.6 Å². The Hall–Kier alpha value is -3.36. The number of para-hydroxylation sites is 1. The molecular weight excluding hydrogens is 428 g/mol. The molecule has 0 unspecified atom stereocenters. The summed E-state index contributed by atoms with van der Waals surface area (Å²) in [5.74, 6) is -0.136. The van der Waals surface area contributed by atoms with Crippen molar-refractivity contribution < 1.29 is 9.59 Å². The smallest absolute Gasteiger partial charge is 0.323 e. The number of anilines is 2. The SMILES string of the molecule is CCN(CC)CCNC(=O)c1cccc(-n2cc(NC(=O)Nc3ccccc3Cl)cn2)c1. The van der Waals surface area contributed by atoms with Crippen LogP contribution in [-0.4, -0.2) is 52.8 Å². The van der Waals surface area contributed by atoms with Crippen LogP contribution in [0.15, 0.2) is 60.9 Å². The van der Waals surface area contributed by atoms with E-state index in [1.54, 1.807) is 53.3 Å². The molecule has 2 aromatic carbocycles. The Morgan fingerprint density at radius 2 is 1.84 bits per heavy atom. The molecule has 3 aromatic rings. The maximum Gasteiger partial charge on any atom is 0.323 e. The zero-order valence-corrected chi connectivity index (χ0v) is 18.9. The number of halogens is 1. The van der Waals surface area contributed by atoms with Gasteiger partial charge in [0.2, 0.25) is 0 Å². The zero-order valence-electron chi connectivity index (χ0n) is 18.1. The largest absolute Gasteiger partial charge is 0.351 e. The molecule has 0 spiro atoms. The van der Waals surface area contributed by atoms with E-state index in [0.717, 1.165) is 19.6 Å². The summed E-state index contributed by atoms with van der Waals surface area (Å²) >= 11 is 6.06. The molecule has 0 radical (unpaired) electrons. The third-order valence-corrected chi connectivity index (χ3v) is 5.27. The summed E-state index contributed by atoms with van der Waals surface area (Å²) in [6, 6.07) is 13.7. The van der Waals surface area contributed by atoms with E-state index >= 15 is 0 Å². The van der Waals surface area contributed by atoms with E-state index in [0.29, 0.717) is 34.2 Å². The number of hydrogen-bond acceptors (Lipinski definition) is 4. The molecule has 3 rings (SSSR count). The number of carbonyl (C=O) groups excluding carboxylic acids is 2. The van der Waals surface area contributed by atoms with E-state index in [9.17, 15) is 9.59 Å². The zero-order chi connectivity index (χ0) is 22.9. The van der Waals surface area contributed by atoms with Crippen molar-refractivity contribution in [2.24, 2.45) is 0 Å². The van der Waals surface area contributed by atoms with Crippen molar-refractivity contribution in [1.29, 1.82) is 0 Å². The number of nitrogens with zero attached hydrogens (tertiary/aromatic N) is 3. The molecule has 1 heterocycles. The number of benzene rings is 2. The van der Waals surface area contributed by atoms with Crippen molar-refractivity contribution in [2.45, 2.75) is 13.8 Å². The van der Waals surface area contributed by atoms with Crippen LogP contribution in [0, 0.1) is 0 Å². The minimum Gasteiger partial charge on any atom is -0.351 e. The van der Waals surface area contributed by atoms with Gasteiger partial charge in [0, 0.05) is 18.7 Å². The lowest BCUT2D eigenvalue weighted by Gasteiger charge is -2.18. The number of hydrogen-bond donors (Lipinski definition) is 3. The molecule has 0 aliphatic rings. The minimum absolute atomic E-state index is 0.136. The Kier molecular flexibility index (Phi) is 8.24. The van der Waals surface area contributed by atoms with E-state index in [1.807, 2.05) is 6.07 Å². The van der Waals surface area contributed by atoms with Gasteiger partial charge in [0.1, 0.15) is 0 Å². The number of aromatic nitrogens is 2.